The highest BCUT2D eigenvalue weighted by molar-refractivity contribution is 14.1. The van der Waals surface area contributed by atoms with E-state index in [-0.39, 0.29) is 43.2 Å². The molecule has 12 nitrogen and oxygen atoms in total. The number of carbonyl (C=O) groups excluding carboxylic acids is 6. The number of carbonyl (C=O) groups is 6. The van der Waals surface area contributed by atoms with Crippen molar-refractivity contribution < 1.29 is 43.0 Å². The molecule has 0 bridgehead atoms. The minimum absolute atomic E-state index is 0.0471. The van der Waals surface area contributed by atoms with E-state index in [4.69, 9.17) is 14.2 Å². The summed E-state index contributed by atoms with van der Waals surface area (Å²) in [5.74, 6) is -3.12. The summed E-state index contributed by atoms with van der Waals surface area (Å²) in [5, 5.41) is 8.15. The molecule has 15 heteroatoms. The second-order valence-corrected chi connectivity index (χ2v) is 11.3. The maximum Gasteiger partial charge on any atom is 0.303 e. The molecule has 0 saturated carbocycles. The molecular weight excluding hydrogens is 855 g/mol. The molecule has 0 fully saturated rings. The third-order valence-electron chi connectivity index (χ3n) is 4.93. The van der Waals surface area contributed by atoms with Gasteiger partial charge in [-0.15, -0.1) is 0 Å². The third-order valence-corrected chi connectivity index (χ3v) is 8.17. The zero-order chi connectivity index (χ0) is 29.9. The molecule has 1 aromatic carbocycles. The number of anilines is 1. The Hall–Kier alpha value is -1.77. The average molecular weight is 885 g/mol. The van der Waals surface area contributed by atoms with Gasteiger partial charge in [0.2, 0.25) is 5.91 Å². The van der Waals surface area contributed by atoms with E-state index in [9.17, 15) is 28.8 Å². The molecule has 0 aliphatic heterocycles. The number of halogens is 3. The van der Waals surface area contributed by atoms with E-state index in [1.54, 1.807) is 6.92 Å². The molecule has 2 unspecified atom stereocenters. The first-order valence-electron chi connectivity index (χ1n) is 11.8. The summed E-state index contributed by atoms with van der Waals surface area (Å²) in [6, 6.07) is 0. The van der Waals surface area contributed by atoms with Crippen LogP contribution < -0.4 is 16.0 Å². The van der Waals surface area contributed by atoms with Crippen molar-refractivity contribution in [3.05, 3.63) is 21.8 Å². The SMILES string of the molecule is CCC(=O)Nc1c(I)c(C(=O)NCC(CC)OC(C)=O)c(I)c(C(=O)NCC(COC(C)=O)OC(C)=O)c1I. The number of hydrogen-bond acceptors (Lipinski definition) is 9. The molecule has 0 aliphatic carbocycles. The van der Waals surface area contributed by atoms with Gasteiger partial charge in [-0.2, -0.15) is 0 Å². The smallest absolute Gasteiger partial charge is 0.303 e. The lowest BCUT2D eigenvalue weighted by atomic mass is 10.1. The van der Waals surface area contributed by atoms with Gasteiger partial charge < -0.3 is 30.2 Å². The van der Waals surface area contributed by atoms with Gasteiger partial charge in [0.15, 0.2) is 6.10 Å². The van der Waals surface area contributed by atoms with Crippen LogP contribution in [0, 0.1) is 10.7 Å². The largest absolute Gasteiger partial charge is 0.462 e. The van der Waals surface area contributed by atoms with Crippen molar-refractivity contribution in [2.45, 2.75) is 59.7 Å². The second kappa shape index (κ2) is 17.1. The van der Waals surface area contributed by atoms with E-state index in [2.05, 4.69) is 16.0 Å². The van der Waals surface area contributed by atoms with Crippen LogP contribution in [0.5, 0.6) is 0 Å². The molecule has 0 aliphatic rings. The number of benzene rings is 1. The van der Waals surface area contributed by atoms with E-state index in [0.717, 1.165) is 0 Å². The highest BCUT2D eigenvalue weighted by Crippen LogP contribution is 2.36. The number of hydrogen-bond donors (Lipinski definition) is 3. The number of nitrogens with one attached hydrogen (secondary N) is 3. The number of ether oxygens (including phenoxy) is 3. The summed E-state index contributed by atoms with van der Waals surface area (Å²) >= 11 is 5.75. The summed E-state index contributed by atoms with van der Waals surface area (Å²) in [6.45, 7) is 6.75. The Bertz CT molecular complexity index is 1130. The number of esters is 3. The molecule has 0 spiro atoms. The monoisotopic (exact) mass is 885 g/mol. The quantitative estimate of drug-likeness (QED) is 0.153. The summed E-state index contributed by atoms with van der Waals surface area (Å²) in [5.41, 5.74) is 0.568. The van der Waals surface area contributed by atoms with Crippen molar-refractivity contribution in [1.82, 2.24) is 10.6 Å². The van der Waals surface area contributed by atoms with Crippen molar-refractivity contribution >= 4 is 109 Å². The normalized spacial score (nSPS) is 12.0. The van der Waals surface area contributed by atoms with E-state index in [1.165, 1.54) is 20.8 Å². The summed E-state index contributed by atoms with van der Waals surface area (Å²) < 4.78 is 16.3. The van der Waals surface area contributed by atoms with Crippen LogP contribution >= 0.6 is 67.8 Å². The van der Waals surface area contributed by atoms with Crippen molar-refractivity contribution in [3.8, 4) is 0 Å². The van der Waals surface area contributed by atoms with Crippen LogP contribution in [0.15, 0.2) is 0 Å². The van der Waals surface area contributed by atoms with Crippen LogP contribution in [-0.4, -0.2) is 67.5 Å². The van der Waals surface area contributed by atoms with Crippen LogP contribution in [0.1, 0.15) is 68.2 Å². The first-order valence-corrected chi connectivity index (χ1v) is 15.0. The predicted octanol–water partition coefficient (Wildman–Crippen LogP) is 3.15. The highest BCUT2D eigenvalue weighted by atomic mass is 127. The molecule has 0 aromatic heterocycles. The molecule has 3 amide bonds. The molecule has 2 atom stereocenters. The van der Waals surface area contributed by atoms with E-state index in [0.29, 0.717) is 22.8 Å². The third kappa shape index (κ3) is 11.3. The Labute approximate surface area is 267 Å². The van der Waals surface area contributed by atoms with Gasteiger partial charge >= 0.3 is 17.9 Å². The van der Waals surface area contributed by atoms with Crippen molar-refractivity contribution in [2.24, 2.45) is 0 Å². The van der Waals surface area contributed by atoms with Crippen LogP contribution in [0.3, 0.4) is 0 Å². The maximum atomic E-state index is 13.4. The highest BCUT2D eigenvalue weighted by Gasteiger charge is 2.29. The first kappa shape index (κ1) is 35.3. The van der Waals surface area contributed by atoms with Crippen LogP contribution in [0.2, 0.25) is 0 Å². The van der Waals surface area contributed by atoms with Gasteiger partial charge in [0.05, 0.1) is 37.0 Å². The Morgan fingerprint density at radius 2 is 1.18 bits per heavy atom. The van der Waals surface area contributed by atoms with Crippen LogP contribution in [-0.2, 0) is 33.4 Å². The lowest BCUT2D eigenvalue weighted by molar-refractivity contribution is -0.155. The zero-order valence-corrected chi connectivity index (χ0v) is 28.5. The molecule has 0 saturated heterocycles. The minimum Gasteiger partial charge on any atom is -0.462 e. The van der Waals surface area contributed by atoms with Crippen molar-refractivity contribution in [1.29, 1.82) is 0 Å². The summed E-state index contributed by atoms with van der Waals surface area (Å²) in [7, 11) is 0. The Morgan fingerprint density at radius 3 is 1.59 bits per heavy atom. The Kier molecular flexibility index (Phi) is 15.5. The molecule has 39 heavy (non-hydrogen) atoms. The van der Waals surface area contributed by atoms with Gasteiger partial charge in [0.25, 0.3) is 11.8 Å². The lowest BCUT2D eigenvalue weighted by Gasteiger charge is -2.21. The minimum atomic E-state index is -0.941. The molecular formula is C24H30I3N3O9. The van der Waals surface area contributed by atoms with Crippen molar-refractivity contribution in [3.63, 3.8) is 0 Å². The van der Waals surface area contributed by atoms with Crippen LogP contribution in [0.4, 0.5) is 5.69 Å². The molecule has 1 rings (SSSR count). The van der Waals surface area contributed by atoms with Gasteiger partial charge in [0.1, 0.15) is 12.7 Å². The van der Waals surface area contributed by atoms with Gasteiger partial charge in [-0.05, 0) is 74.2 Å². The van der Waals surface area contributed by atoms with Crippen LogP contribution in [0.25, 0.3) is 0 Å². The maximum absolute atomic E-state index is 13.4. The average Bonchev–Trinajstić information content (AvgIpc) is 2.85. The topological polar surface area (TPSA) is 166 Å². The Balaban J connectivity index is 3.42. The predicted molar refractivity (Wildman–Crippen MR) is 166 cm³/mol. The fraction of sp³-hybridized carbons (Fsp3) is 0.500. The summed E-state index contributed by atoms with van der Waals surface area (Å²) in [4.78, 5) is 72.9. The Morgan fingerprint density at radius 1 is 0.718 bits per heavy atom. The van der Waals surface area contributed by atoms with Gasteiger partial charge in [-0.1, -0.05) is 13.8 Å². The van der Waals surface area contributed by atoms with Gasteiger partial charge in [0, 0.05) is 30.8 Å². The molecule has 3 N–H and O–H groups in total. The molecule has 216 valence electrons. The number of rotatable bonds is 13. The molecule has 1 aromatic rings. The van der Waals surface area contributed by atoms with E-state index in [1.807, 2.05) is 74.7 Å². The zero-order valence-electron chi connectivity index (χ0n) is 22.0. The molecule has 0 heterocycles. The standard InChI is InChI=1S/C24H30I3N3O9/c1-6-14(38-12(4)32)8-28-23(35)17-19(25)18(21(27)22(20(17)26)30-16(34)7-2)24(36)29-9-15(39-13(5)33)10-37-11(3)31/h14-15H,6-10H2,1-5H3,(H,28,35)(H,29,36)(H,30,34). The second-order valence-electron chi connectivity index (χ2n) is 8.06. The van der Waals surface area contributed by atoms with E-state index < -0.39 is 41.9 Å². The van der Waals surface area contributed by atoms with Crippen molar-refractivity contribution in [2.75, 3.05) is 25.0 Å². The fourth-order valence-corrected chi connectivity index (χ4v) is 7.49. The number of amides is 3. The fourth-order valence-electron chi connectivity index (χ4n) is 3.07. The van der Waals surface area contributed by atoms with E-state index >= 15 is 0 Å². The summed E-state index contributed by atoms with van der Waals surface area (Å²) in [6.07, 6.45) is -0.836. The first-order chi connectivity index (χ1) is 18.2. The molecule has 0 radical (unpaired) electrons. The van der Waals surface area contributed by atoms with Gasteiger partial charge in [-0.3, -0.25) is 28.8 Å². The lowest BCUT2D eigenvalue weighted by Crippen LogP contribution is -2.39. The van der Waals surface area contributed by atoms with Gasteiger partial charge in [-0.25, -0.2) is 0 Å².